The Bertz CT molecular complexity index is 614. The van der Waals surface area contributed by atoms with Crippen LogP contribution in [0.4, 0.5) is 0 Å². The van der Waals surface area contributed by atoms with Gasteiger partial charge in [-0.2, -0.15) is 0 Å². The van der Waals surface area contributed by atoms with Gasteiger partial charge in [0.15, 0.2) is 0 Å². The Morgan fingerprint density at radius 3 is 2.65 bits per heavy atom. The highest BCUT2D eigenvalue weighted by molar-refractivity contribution is 9.10. The molecule has 2 rings (SSSR count). The third kappa shape index (κ3) is 2.81. The van der Waals surface area contributed by atoms with Gasteiger partial charge in [-0.3, -0.25) is 0 Å². The summed E-state index contributed by atoms with van der Waals surface area (Å²) in [6, 6.07) is 6.66. The molecule has 0 amide bonds. The van der Waals surface area contributed by atoms with E-state index in [1.54, 1.807) is 0 Å². The van der Waals surface area contributed by atoms with Gasteiger partial charge in [0.25, 0.3) is 0 Å². The van der Waals surface area contributed by atoms with Crippen molar-refractivity contribution >= 4 is 15.9 Å². The topological polar surface area (TPSA) is 43.8 Å². The number of hydrogen-bond acceptors (Lipinski definition) is 2. The number of rotatable bonds is 4. The molecule has 0 aliphatic rings. The van der Waals surface area contributed by atoms with Gasteiger partial charge in [-0.15, -0.1) is 0 Å². The number of nitrogens with zero attached hydrogens (tertiary/aromatic N) is 2. The normalized spacial score (nSPS) is 11.3. The molecule has 0 bridgehead atoms. The number of nitrogens with two attached hydrogens (primary N) is 1. The number of imidazole rings is 1. The van der Waals surface area contributed by atoms with Crippen molar-refractivity contribution in [1.82, 2.24) is 9.55 Å². The van der Waals surface area contributed by atoms with Crippen LogP contribution >= 0.6 is 15.9 Å². The lowest BCUT2D eigenvalue weighted by atomic mass is 9.96. The van der Waals surface area contributed by atoms with E-state index in [0.717, 1.165) is 22.5 Å². The zero-order valence-electron chi connectivity index (χ0n) is 12.6. The largest absolute Gasteiger partial charge is 0.330 e. The summed E-state index contributed by atoms with van der Waals surface area (Å²) < 4.78 is 3.04. The van der Waals surface area contributed by atoms with E-state index in [1.165, 1.54) is 16.7 Å². The number of hydrogen-bond donors (Lipinski definition) is 1. The summed E-state index contributed by atoms with van der Waals surface area (Å²) in [5.74, 6) is 1.54. The summed E-state index contributed by atoms with van der Waals surface area (Å²) in [7, 11) is 2.06. The third-order valence-corrected chi connectivity index (χ3v) is 4.25. The maximum absolute atomic E-state index is 5.65. The van der Waals surface area contributed by atoms with Crippen LogP contribution in [0.15, 0.2) is 22.8 Å². The van der Waals surface area contributed by atoms with Crippen LogP contribution in [0, 0.1) is 6.92 Å². The van der Waals surface area contributed by atoms with E-state index in [0.29, 0.717) is 12.5 Å². The Kier molecular flexibility index (Phi) is 4.66. The van der Waals surface area contributed by atoms with Crippen molar-refractivity contribution in [3.05, 3.63) is 39.8 Å². The Hall–Kier alpha value is -1.13. The third-order valence-electron chi connectivity index (χ3n) is 3.70. The second-order valence-corrected chi connectivity index (χ2v) is 6.25. The van der Waals surface area contributed by atoms with Crippen LogP contribution in [-0.4, -0.2) is 16.1 Å². The zero-order chi connectivity index (χ0) is 14.9. The predicted molar refractivity (Wildman–Crippen MR) is 87.9 cm³/mol. The molecule has 0 aliphatic heterocycles. The van der Waals surface area contributed by atoms with Gasteiger partial charge in [-0.1, -0.05) is 26.0 Å². The van der Waals surface area contributed by atoms with Crippen molar-refractivity contribution in [2.45, 2.75) is 33.1 Å². The van der Waals surface area contributed by atoms with Gasteiger partial charge in [0, 0.05) is 19.0 Å². The molecule has 1 aromatic heterocycles. The molecule has 1 aromatic carbocycles. The molecule has 0 saturated carbocycles. The molecule has 0 unspecified atom stereocenters. The minimum atomic E-state index is 0.518. The minimum absolute atomic E-state index is 0.518. The number of halogens is 1. The zero-order valence-corrected chi connectivity index (χ0v) is 14.2. The second-order valence-electron chi connectivity index (χ2n) is 5.49. The van der Waals surface area contributed by atoms with Crippen molar-refractivity contribution in [2.24, 2.45) is 12.8 Å². The molecule has 0 saturated heterocycles. The first kappa shape index (κ1) is 15.3. The SMILES string of the molecule is Cc1ccc(C(C)C)cc1-c1c(Br)nc(CCN)n1C. The van der Waals surface area contributed by atoms with Crippen LogP contribution in [0.1, 0.15) is 36.7 Å². The van der Waals surface area contributed by atoms with Gasteiger partial charge >= 0.3 is 0 Å². The fourth-order valence-electron chi connectivity index (χ4n) is 2.41. The quantitative estimate of drug-likeness (QED) is 0.923. The Morgan fingerprint density at radius 2 is 2.05 bits per heavy atom. The molecule has 0 spiro atoms. The summed E-state index contributed by atoms with van der Waals surface area (Å²) >= 11 is 3.60. The van der Waals surface area contributed by atoms with E-state index < -0.39 is 0 Å². The van der Waals surface area contributed by atoms with Crippen LogP contribution in [0.3, 0.4) is 0 Å². The van der Waals surface area contributed by atoms with Gasteiger partial charge in [0.05, 0.1) is 5.69 Å². The van der Waals surface area contributed by atoms with E-state index in [9.17, 15) is 0 Å². The smallest absolute Gasteiger partial charge is 0.132 e. The maximum Gasteiger partial charge on any atom is 0.132 e. The highest BCUT2D eigenvalue weighted by Crippen LogP contribution is 2.33. The van der Waals surface area contributed by atoms with Crippen molar-refractivity contribution in [3.63, 3.8) is 0 Å². The molecule has 0 aliphatic carbocycles. The van der Waals surface area contributed by atoms with Crippen molar-refractivity contribution < 1.29 is 0 Å². The number of aryl methyl sites for hydroxylation is 1. The first-order valence-electron chi connectivity index (χ1n) is 6.97. The predicted octanol–water partition coefficient (Wildman–Crippen LogP) is 3.78. The molecular weight excluding hydrogens is 314 g/mol. The summed E-state index contributed by atoms with van der Waals surface area (Å²) in [6.07, 6.45) is 0.790. The Morgan fingerprint density at radius 1 is 1.35 bits per heavy atom. The Labute approximate surface area is 129 Å². The molecule has 2 aromatic rings. The fraction of sp³-hybridized carbons (Fsp3) is 0.438. The fourth-order valence-corrected chi connectivity index (χ4v) is 3.09. The molecule has 20 heavy (non-hydrogen) atoms. The van der Waals surface area contributed by atoms with Crippen LogP contribution in [0.5, 0.6) is 0 Å². The van der Waals surface area contributed by atoms with E-state index >= 15 is 0 Å². The minimum Gasteiger partial charge on any atom is -0.330 e. The second kappa shape index (κ2) is 6.10. The summed E-state index contributed by atoms with van der Waals surface area (Å²) in [4.78, 5) is 4.59. The highest BCUT2D eigenvalue weighted by atomic mass is 79.9. The van der Waals surface area contributed by atoms with E-state index in [-0.39, 0.29) is 0 Å². The van der Waals surface area contributed by atoms with Gasteiger partial charge in [0.2, 0.25) is 0 Å². The van der Waals surface area contributed by atoms with Gasteiger partial charge in [0.1, 0.15) is 10.4 Å². The molecule has 3 nitrogen and oxygen atoms in total. The molecule has 108 valence electrons. The lowest BCUT2D eigenvalue weighted by Gasteiger charge is -2.13. The molecule has 0 atom stereocenters. The van der Waals surface area contributed by atoms with Gasteiger partial charge in [-0.05, 0) is 52.5 Å². The Balaban J connectivity index is 2.59. The number of benzene rings is 1. The lowest BCUT2D eigenvalue weighted by molar-refractivity contribution is 0.781. The lowest BCUT2D eigenvalue weighted by Crippen LogP contribution is -2.08. The van der Waals surface area contributed by atoms with Crippen molar-refractivity contribution in [3.8, 4) is 11.3 Å². The molecular formula is C16H22BrN3. The monoisotopic (exact) mass is 335 g/mol. The first-order chi connectivity index (χ1) is 9.45. The van der Waals surface area contributed by atoms with Gasteiger partial charge < -0.3 is 10.3 Å². The first-order valence-corrected chi connectivity index (χ1v) is 7.77. The molecule has 1 heterocycles. The molecule has 0 radical (unpaired) electrons. The highest BCUT2D eigenvalue weighted by Gasteiger charge is 2.16. The van der Waals surface area contributed by atoms with Crippen molar-refractivity contribution in [2.75, 3.05) is 6.54 Å². The van der Waals surface area contributed by atoms with Crippen LogP contribution in [0.2, 0.25) is 0 Å². The molecule has 2 N–H and O–H groups in total. The summed E-state index contributed by atoms with van der Waals surface area (Å²) in [6.45, 7) is 7.18. The molecule has 0 fully saturated rings. The maximum atomic E-state index is 5.65. The van der Waals surface area contributed by atoms with Crippen LogP contribution < -0.4 is 5.73 Å². The average Bonchev–Trinajstić information content (AvgIpc) is 2.66. The summed E-state index contributed by atoms with van der Waals surface area (Å²) in [5.41, 5.74) is 10.6. The van der Waals surface area contributed by atoms with E-state index in [2.05, 4.69) is 71.5 Å². The van der Waals surface area contributed by atoms with Gasteiger partial charge in [-0.25, -0.2) is 4.98 Å². The number of aromatic nitrogens is 2. The standard InChI is InChI=1S/C16H22BrN3/c1-10(2)12-6-5-11(3)13(9-12)15-16(17)19-14(7-8-18)20(15)4/h5-6,9-10H,7-8,18H2,1-4H3. The van der Waals surface area contributed by atoms with E-state index in [4.69, 9.17) is 5.73 Å². The van der Waals surface area contributed by atoms with E-state index in [1.807, 2.05) is 0 Å². The summed E-state index contributed by atoms with van der Waals surface area (Å²) in [5, 5.41) is 0. The molecule has 4 heteroatoms. The van der Waals surface area contributed by atoms with Crippen LogP contribution in [-0.2, 0) is 13.5 Å². The van der Waals surface area contributed by atoms with Crippen molar-refractivity contribution in [1.29, 1.82) is 0 Å². The van der Waals surface area contributed by atoms with Crippen LogP contribution in [0.25, 0.3) is 11.3 Å². The average molecular weight is 336 g/mol.